The van der Waals surface area contributed by atoms with Crippen molar-refractivity contribution in [2.24, 2.45) is 0 Å². The Bertz CT molecular complexity index is 1370. The Morgan fingerprint density at radius 3 is 2.73 bits per heavy atom. The fourth-order valence-electron chi connectivity index (χ4n) is 4.53. The second kappa shape index (κ2) is 11.0. The molecule has 4 aromatic rings. The standard InChI is InChI=1S/C29H27FN2O4S/c1-20-7-9-21(10-8-20)29(34)31(17-24-6-3-14-35-24)18-28(33)32-13-11-27-25(12-15-37-27)26(32)19-36-23-5-2-4-22(30)16-23/h2-10,12,14-16,26H,11,13,17-19H2,1H3/t26-/m0/s1. The van der Waals surface area contributed by atoms with Crippen molar-refractivity contribution in [1.29, 1.82) is 0 Å². The number of furan rings is 1. The first kappa shape index (κ1) is 24.8. The lowest BCUT2D eigenvalue weighted by molar-refractivity contribution is -0.135. The number of halogens is 1. The molecule has 0 aliphatic carbocycles. The summed E-state index contributed by atoms with van der Waals surface area (Å²) < 4.78 is 25.1. The van der Waals surface area contributed by atoms with E-state index in [1.165, 1.54) is 21.9 Å². The van der Waals surface area contributed by atoms with Crippen molar-refractivity contribution in [2.45, 2.75) is 25.9 Å². The van der Waals surface area contributed by atoms with E-state index in [1.807, 2.05) is 30.5 Å². The van der Waals surface area contributed by atoms with Crippen molar-refractivity contribution < 1.29 is 23.1 Å². The molecule has 6 nitrogen and oxygen atoms in total. The highest BCUT2D eigenvalue weighted by molar-refractivity contribution is 7.10. The maximum atomic E-state index is 13.7. The number of carbonyl (C=O) groups excluding carboxylic acids is 2. The van der Waals surface area contributed by atoms with Crippen molar-refractivity contribution in [2.75, 3.05) is 19.7 Å². The second-order valence-electron chi connectivity index (χ2n) is 9.03. The monoisotopic (exact) mass is 518 g/mol. The minimum absolute atomic E-state index is 0.108. The molecule has 37 heavy (non-hydrogen) atoms. The SMILES string of the molecule is Cc1ccc(C(=O)N(CC(=O)N2CCc3sccc3[C@@H]2COc2cccc(F)c2)Cc2ccco2)cc1. The second-order valence-corrected chi connectivity index (χ2v) is 10.0. The summed E-state index contributed by atoms with van der Waals surface area (Å²) in [5.41, 5.74) is 2.59. The molecule has 0 saturated heterocycles. The summed E-state index contributed by atoms with van der Waals surface area (Å²) in [6, 6.07) is 18.5. The number of carbonyl (C=O) groups is 2. The maximum Gasteiger partial charge on any atom is 0.254 e. The Balaban J connectivity index is 1.37. The van der Waals surface area contributed by atoms with Crippen LogP contribution in [-0.2, 0) is 17.8 Å². The molecular weight excluding hydrogens is 491 g/mol. The molecule has 0 N–H and O–H groups in total. The molecule has 8 heteroatoms. The van der Waals surface area contributed by atoms with Gasteiger partial charge in [-0.1, -0.05) is 23.8 Å². The van der Waals surface area contributed by atoms with Gasteiger partial charge >= 0.3 is 0 Å². The van der Waals surface area contributed by atoms with Gasteiger partial charge in [-0.25, -0.2) is 4.39 Å². The molecule has 2 aromatic carbocycles. The van der Waals surface area contributed by atoms with Gasteiger partial charge in [0, 0.05) is 23.1 Å². The third-order valence-electron chi connectivity index (χ3n) is 6.46. The van der Waals surface area contributed by atoms with E-state index in [-0.39, 0.29) is 43.4 Å². The van der Waals surface area contributed by atoms with Gasteiger partial charge in [0.2, 0.25) is 5.91 Å². The van der Waals surface area contributed by atoms with Crippen molar-refractivity contribution in [1.82, 2.24) is 9.80 Å². The van der Waals surface area contributed by atoms with Gasteiger partial charge < -0.3 is 19.0 Å². The number of hydrogen-bond acceptors (Lipinski definition) is 5. The first-order valence-corrected chi connectivity index (χ1v) is 13.0. The number of ether oxygens (including phenoxy) is 1. The summed E-state index contributed by atoms with van der Waals surface area (Å²) in [5.74, 6) is 0.192. The molecule has 1 aliphatic rings. The normalized spacial score (nSPS) is 14.8. The van der Waals surface area contributed by atoms with Gasteiger partial charge in [0.1, 0.15) is 30.5 Å². The summed E-state index contributed by atoms with van der Waals surface area (Å²) in [7, 11) is 0. The molecule has 0 spiro atoms. The molecule has 2 amide bonds. The largest absolute Gasteiger partial charge is 0.491 e. The van der Waals surface area contributed by atoms with Crippen molar-refractivity contribution in [3.63, 3.8) is 0 Å². The fourth-order valence-corrected chi connectivity index (χ4v) is 5.46. The molecule has 2 aromatic heterocycles. The van der Waals surface area contributed by atoms with Gasteiger partial charge in [-0.2, -0.15) is 0 Å². The summed E-state index contributed by atoms with van der Waals surface area (Å²) in [6.07, 6.45) is 2.29. The fraction of sp³-hybridized carbons (Fsp3) is 0.241. The van der Waals surface area contributed by atoms with Crippen LogP contribution >= 0.6 is 11.3 Å². The molecule has 0 bridgehead atoms. The van der Waals surface area contributed by atoms with E-state index in [4.69, 9.17) is 9.15 Å². The number of aryl methyl sites for hydroxylation is 1. The molecular formula is C29H27FN2O4S. The zero-order chi connectivity index (χ0) is 25.8. The molecule has 0 unspecified atom stereocenters. The lowest BCUT2D eigenvalue weighted by atomic mass is 10.0. The topological polar surface area (TPSA) is 63.0 Å². The Kier molecular flexibility index (Phi) is 7.37. The van der Waals surface area contributed by atoms with E-state index < -0.39 is 0 Å². The summed E-state index contributed by atoms with van der Waals surface area (Å²) in [6.45, 7) is 2.72. The van der Waals surface area contributed by atoms with Crippen LogP contribution in [0.1, 0.15) is 38.2 Å². The molecule has 0 radical (unpaired) electrons. The molecule has 1 atom stereocenters. The van der Waals surface area contributed by atoms with Crippen molar-refractivity contribution in [3.05, 3.63) is 112 Å². The summed E-state index contributed by atoms with van der Waals surface area (Å²) in [4.78, 5) is 31.7. The van der Waals surface area contributed by atoms with E-state index in [9.17, 15) is 14.0 Å². The molecule has 5 rings (SSSR count). The van der Waals surface area contributed by atoms with E-state index in [1.54, 1.807) is 58.9 Å². The van der Waals surface area contributed by atoms with E-state index in [2.05, 4.69) is 0 Å². The van der Waals surface area contributed by atoms with Crippen LogP contribution in [0.5, 0.6) is 5.75 Å². The number of amides is 2. The van der Waals surface area contributed by atoms with Crippen LogP contribution in [-0.4, -0.2) is 41.3 Å². The van der Waals surface area contributed by atoms with Crippen LogP contribution in [0.3, 0.4) is 0 Å². The predicted octanol–water partition coefficient (Wildman–Crippen LogP) is 5.64. The molecule has 3 heterocycles. The molecule has 190 valence electrons. The van der Waals surface area contributed by atoms with Crippen LogP contribution in [0.15, 0.2) is 82.8 Å². The predicted molar refractivity (Wildman–Crippen MR) is 139 cm³/mol. The Morgan fingerprint density at radius 2 is 1.97 bits per heavy atom. The number of thiophene rings is 1. The van der Waals surface area contributed by atoms with Gasteiger partial charge in [-0.3, -0.25) is 9.59 Å². The number of benzene rings is 2. The average Bonchev–Trinajstić information content (AvgIpc) is 3.59. The van der Waals surface area contributed by atoms with Crippen molar-refractivity contribution >= 4 is 23.2 Å². The molecule has 1 aliphatic heterocycles. The number of hydrogen-bond donors (Lipinski definition) is 0. The highest BCUT2D eigenvalue weighted by atomic mass is 32.1. The number of fused-ring (bicyclic) bond motifs is 1. The van der Waals surface area contributed by atoms with Gasteiger partial charge in [0.15, 0.2) is 0 Å². The lowest BCUT2D eigenvalue weighted by Crippen LogP contribution is -2.47. The van der Waals surface area contributed by atoms with E-state index >= 15 is 0 Å². The van der Waals surface area contributed by atoms with Crippen LogP contribution in [0, 0.1) is 12.7 Å². The smallest absolute Gasteiger partial charge is 0.254 e. The van der Waals surface area contributed by atoms with Gasteiger partial charge in [-0.15, -0.1) is 11.3 Å². The highest BCUT2D eigenvalue weighted by Crippen LogP contribution is 2.34. The van der Waals surface area contributed by atoms with Crippen LogP contribution < -0.4 is 4.74 Å². The third kappa shape index (κ3) is 5.75. The molecule has 0 saturated carbocycles. The van der Waals surface area contributed by atoms with Gasteiger partial charge in [-0.05, 0) is 66.8 Å². The Labute approximate surface area is 218 Å². The summed E-state index contributed by atoms with van der Waals surface area (Å²) in [5, 5.41) is 2.01. The highest BCUT2D eigenvalue weighted by Gasteiger charge is 2.34. The molecule has 0 fully saturated rings. The minimum atomic E-state index is -0.381. The summed E-state index contributed by atoms with van der Waals surface area (Å²) >= 11 is 1.66. The van der Waals surface area contributed by atoms with Gasteiger partial charge in [0.25, 0.3) is 5.91 Å². The lowest BCUT2D eigenvalue weighted by Gasteiger charge is -2.37. The van der Waals surface area contributed by atoms with E-state index in [0.717, 1.165) is 17.5 Å². The third-order valence-corrected chi connectivity index (χ3v) is 7.45. The van der Waals surface area contributed by atoms with Crippen LogP contribution in [0.2, 0.25) is 0 Å². The minimum Gasteiger partial charge on any atom is -0.491 e. The van der Waals surface area contributed by atoms with E-state index in [0.29, 0.717) is 23.6 Å². The van der Waals surface area contributed by atoms with Crippen LogP contribution in [0.4, 0.5) is 4.39 Å². The first-order chi connectivity index (χ1) is 18.0. The zero-order valence-corrected chi connectivity index (χ0v) is 21.2. The number of nitrogens with zero attached hydrogens (tertiary/aromatic N) is 2. The van der Waals surface area contributed by atoms with Crippen molar-refractivity contribution in [3.8, 4) is 5.75 Å². The van der Waals surface area contributed by atoms with Gasteiger partial charge in [0.05, 0.1) is 18.8 Å². The van der Waals surface area contributed by atoms with Crippen LogP contribution in [0.25, 0.3) is 0 Å². The number of rotatable bonds is 8. The zero-order valence-electron chi connectivity index (χ0n) is 20.4. The first-order valence-electron chi connectivity index (χ1n) is 12.1. The maximum absolute atomic E-state index is 13.7. The Hall–Kier alpha value is -3.91. The Morgan fingerprint density at radius 1 is 1.14 bits per heavy atom. The average molecular weight is 519 g/mol. The quantitative estimate of drug-likeness (QED) is 0.303.